The number of hydrogen-bond donors (Lipinski definition) is 2. The van der Waals surface area contributed by atoms with Gasteiger partial charge in [0.05, 0.1) is 11.9 Å². The average molecular weight is 233 g/mol. The first-order chi connectivity index (χ1) is 8.33. The summed E-state index contributed by atoms with van der Waals surface area (Å²) >= 11 is 0. The molecule has 0 atom stereocenters. The van der Waals surface area contributed by atoms with E-state index >= 15 is 0 Å². The summed E-state index contributed by atoms with van der Waals surface area (Å²) in [5.41, 5.74) is 7.25. The molecule has 17 heavy (non-hydrogen) atoms. The van der Waals surface area contributed by atoms with E-state index in [1.165, 1.54) is 19.3 Å². The minimum atomic E-state index is 0.447. The van der Waals surface area contributed by atoms with E-state index in [-0.39, 0.29) is 0 Å². The molecule has 0 aliphatic rings. The van der Waals surface area contributed by atoms with Crippen molar-refractivity contribution in [1.29, 1.82) is 0 Å². The fourth-order valence-corrected chi connectivity index (χ4v) is 1.72. The molecule has 5 heteroatoms. The van der Waals surface area contributed by atoms with E-state index in [0.717, 1.165) is 23.7 Å². The molecular weight excluding hydrogens is 214 g/mol. The fourth-order valence-electron chi connectivity index (χ4n) is 1.72. The molecule has 0 aliphatic heterocycles. The lowest BCUT2D eigenvalue weighted by atomic mass is 10.2. The number of nitrogens with two attached hydrogens (primary N) is 1. The van der Waals surface area contributed by atoms with Crippen LogP contribution in [0.5, 0.6) is 0 Å². The van der Waals surface area contributed by atoms with Crippen LogP contribution in [0.25, 0.3) is 5.65 Å². The SMILES string of the molecule is CCCCCNc1ccc2nc(CN)cn2n1. The predicted molar refractivity (Wildman–Crippen MR) is 68.9 cm³/mol. The van der Waals surface area contributed by atoms with Crippen LogP contribution in [-0.2, 0) is 6.54 Å². The first kappa shape index (κ1) is 11.9. The van der Waals surface area contributed by atoms with Crippen molar-refractivity contribution in [3.63, 3.8) is 0 Å². The summed E-state index contributed by atoms with van der Waals surface area (Å²) in [6, 6.07) is 3.91. The van der Waals surface area contributed by atoms with Crippen LogP contribution in [0.15, 0.2) is 18.3 Å². The van der Waals surface area contributed by atoms with Gasteiger partial charge in [-0.3, -0.25) is 0 Å². The van der Waals surface area contributed by atoms with Gasteiger partial charge in [0.25, 0.3) is 0 Å². The van der Waals surface area contributed by atoms with Gasteiger partial charge in [-0.25, -0.2) is 9.50 Å². The Hall–Kier alpha value is -1.62. The van der Waals surface area contributed by atoms with Crippen LogP contribution in [0.3, 0.4) is 0 Å². The smallest absolute Gasteiger partial charge is 0.153 e. The number of imidazole rings is 1. The Bertz CT molecular complexity index is 477. The number of anilines is 1. The van der Waals surface area contributed by atoms with Gasteiger partial charge >= 0.3 is 0 Å². The van der Waals surface area contributed by atoms with Gasteiger partial charge in [-0.1, -0.05) is 19.8 Å². The Labute approximate surface area is 101 Å². The molecule has 2 aromatic heterocycles. The Morgan fingerprint density at radius 2 is 2.24 bits per heavy atom. The van der Waals surface area contributed by atoms with Crippen LogP contribution < -0.4 is 11.1 Å². The van der Waals surface area contributed by atoms with Gasteiger partial charge in [0.2, 0.25) is 0 Å². The van der Waals surface area contributed by atoms with Crippen molar-refractivity contribution in [2.45, 2.75) is 32.7 Å². The maximum atomic E-state index is 5.55. The molecular formula is C12H19N5. The monoisotopic (exact) mass is 233 g/mol. The van der Waals surface area contributed by atoms with Crippen molar-refractivity contribution >= 4 is 11.5 Å². The largest absolute Gasteiger partial charge is 0.369 e. The molecule has 0 saturated heterocycles. The molecule has 2 heterocycles. The molecule has 0 aliphatic carbocycles. The molecule has 0 saturated carbocycles. The normalized spacial score (nSPS) is 10.9. The highest BCUT2D eigenvalue weighted by atomic mass is 15.3. The molecule has 0 bridgehead atoms. The van der Waals surface area contributed by atoms with Gasteiger partial charge in [-0.15, -0.1) is 5.10 Å². The lowest BCUT2D eigenvalue weighted by Crippen LogP contribution is -2.05. The highest BCUT2D eigenvalue weighted by Gasteiger charge is 2.01. The summed E-state index contributed by atoms with van der Waals surface area (Å²) < 4.78 is 1.77. The zero-order valence-corrected chi connectivity index (χ0v) is 10.2. The van der Waals surface area contributed by atoms with E-state index in [0.29, 0.717) is 6.54 Å². The van der Waals surface area contributed by atoms with Crippen LogP contribution in [0, 0.1) is 0 Å². The third-order valence-corrected chi connectivity index (χ3v) is 2.67. The third-order valence-electron chi connectivity index (χ3n) is 2.67. The quantitative estimate of drug-likeness (QED) is 0.746. The summed E-state index contributed by atoms with van der Waals surface area (Å²) in [6.07, 6.45) is 5.52. The Morgan fingerprint density at radius 3 is 3.00 bits per heavy atom. The van der Waals surface area contributed by atoms with E-state index in [9.17, 15) is 0 Å². The summed E-state index contributed by atoms with van der Waals surface area (Å²) in [7, 11) is 0. The zero-order valence-electron chi connectivity index (χ0n) is 10.2. The Balaban J connectivity index is 2.03. The van der Waals surface area contributed by atoms with Gasteiger partial charge < -0.3 is 11.1 Å². The van der Waals surface area contributed by atoms with Crippen LogP contribution in [0.1, 0.15) is 31.9 Å². The van der Waals surface area contributed by atoms with E-state index in [1.54, 1.807) is 4.52 Å². The second-order valence-corrected chi connectivity index (χ2v) is 4.09. The molecule has 2 rings (SSSR count). The van der Waals surface area contributed by atoms with Crippen molar-refractivity contribution in [2.24, 2.45) is 5.73 Å². The topological polar surface area (TPSA) is 68.2 Å². The molecule has 0 unspecified atom stereocenters. The lowest BCUT2D eigenvalue weighted by molar-refractivity contribution is 0.740. The molecule has 3 N–H and O–H groups in total. The van der Waals surface area contributed by atoms with Crippen LogP contribution >= 0.6 is 0 Å². The summed E-state index contributed by atoms with van der Waals surface area (Å²) in [5, 5.41) is 7.74. The van der Waals surface area contributed by atoms with Crippen molar-refractivity contribution < 1.29 is 0 Å². The Kier molecular flexibility index (Phi) is 3.93. The number of aromatic nitrogens is 3. The first-order valence-corrected chi connectivity index (χ1v) is 6.12. The van der Waals surface area contributed by atoms with Crippen LogP contribution in [0.4, 0.5) is 5.82 Å². The summed E-state index contributed by atoms with van der Waals surface area (Å²) in [6.45, 7) is 3.61. The number of fused-ring (bicyclic) bond motifs is 1. The molecule has 0 aromatic carbocycles. The maximum Gasteiger partial charge on any atom is 0.153 e. The van der Waals surface area contributed by atoms with Gasteiger partial charge in [0.1, 0.15) is 5.82 Å². The molecule has 5 nitrogen and oxygen atoms in total. The number of hydrogen-bond acceptors (Lipinski definition) is 4. The van der Waals surface area contributed by atoms with Gasteiger partial charge in [-0.05, 0) is 18.6 Å². The van der Waals surface area contributed by atoms with E-state index in [1.807, 2.05) is 18.3 Å². The van der Waals surface area contributed by atoms with Gasteiger partial charge in [-0.2, -0.15) is 0 Å². The van der Waals surface area contributed by atoms with Gasteiger partial charge in [0.15, 0.2) is 5.65 Å². The second kappa shape index (κ2) is 5.63. The van der Waals surface area contributed by atoms with Crippen LogP contribution in [-0.4, -0.2) is 21.1 Å². The van der Waals surface area contributed by atoms with E-state index in [2.05, 4.69) is 22.3 Å². The predicted octanol–water partition coefficient (Wildman–Crippen LogP) is 1.79. The average Bonchev–Trinajstić information content (AvgIpc) is 2.77. The minimum absolute atomic E-state index is 0.447. The summed E-state index contributed by atoms with van der Waals surface area (Å²) in [5.74, 6) is 0.884. The molecule has 2 aromatic rings. The van der Waals surface area contributed by atoms with E-state index < -0.39 is 0 Å². The van der Waals surface area contributed by atoms with Crippen molar-refractivity contribution in [1.82, 2.24) is 14.6 Å². The fraction of sp³-hybridized carbons (Fsp3) is 0.500. The highest BCUT2D eigenvalue weighted by molar-refractivity contribution is 5.45. The molecule has 0 spiro atoms. The lowest BCUT2D eigenvalue weighted by Gasteiger charge is -2.04. The summed E-state index contributed by atoms with van der Waals surface area (Å²) in [4.78, 5) is 4.33. The van der Waals surface area contributed by atoms with Gasteiger partial charge in [0, 0.05) is 13.1 Å². The Morgan fingerprint density at radius 1 is 1.35 bits per heavy atom. The van der Waals surface area contributed by atoms with Crippen molar-refractivity contribution in [3.8, 4) is 0 Å². The first-order valence-electron chi connectivity index (χ1n) is 6.12. The minimum Gasteiger partial charge on any atom is -0.369 e. The number of nitrogens with zero attached hydrogens (tertiary/aromatic N) is 3. The van der Waals surface area contributed by atoms with Crippen molar-refractivity contribution in [3.05, 3.63) is 24.0 Å². The molecule has 0 radical (unpaired) electrons. The third kappa shape index (κ3) is 2.94. The standard InChI is InChI=1S/C12H19N5/c1-2-3-4-7-14-11-5-6-12-15-10(8-13)9-17(12)16-11/h5-6,9H,2-4,7-8,13H2,1H3,(H,14,16). The van der Waals surface area contributed by atoms with Crippen molar-refractivity contribution in [2.75, 3.05) is 11.9 Å². The van der Waals surface area contributed by atoms with E-state index in [4.69, 9.17) is 5.73 Å². The number of rotatable bonds is 6. The molecule has 0 amide bonds. The maximum absolute atomic E-state index is 5.55. The highest BCUT2D eigenvalue weighted by Crippen LogP contribution is 2.08. The number of nitrogens with one attached hydrogen (secondary N) is 1. The molecule has 92 valence electrons. The zero-order chi connectivity index (χ0) is 12.1. The van der Waals surface area contributed by atoms with Crippen LogP contribution in [0.2, 0.25) is 0 Å². The second-order valence-electron chi connectivity index (χ2n) is 4.09. The number of unbranched alkanes of at least 4 members (excludes halogenated alkanes) is 2. The molecule has 0 fully saturated rings.